The van der Waals surface area contributed by atoms with Crippen molar-refractivity contribution in [3.8, 4) is 0 Å². The van der Waals surface area contributed by atoms with Gasteiger partial charge in [-0.05, 0) is 26.8 Å². The number of rotatable bonds is 8. The van der Waals surface area contributed by atoms with Crippen LogP contribution in [0.2, 0.25) is 0 Å². The fraction of sp³-hybridized carbons (Fsp3) is 0.533. The molecule has 1 aliphatic rings. The summed E-state index contributed by atoms with van der Waals surface area (Å²) in [5, 5.41) is 10.3. The molecule has 9 heteroatoms. The lowest BCUT2D eigenvalue weighted by molar-refractivity contribution is -0.137. The maximum absolute atomic E-state index is 12.6. The van der Waals surface area contributed by atoms with E-state index in [1.165, 1.54) is 0 Å². The summed E-state index contributed by atoms with van der Waals surface area (Å²) >= 11 is 1.14. The minimum Gasteiger partial charge on any atom is -0.506 e. The standard InChI is InChI=1S/C15H21O7PS/c1-4-19-15(17)14-13(16)11-7-10(22-12(11)9-24-14)8-23(18,20-5-2)21-6-3/h7,16H,4-6,8-9H2,1-3H3. The van der Waals surface area contributed by atoms with E-state index < -0.39 is 13.6 Å². The molecule has 2 heterocycles. The first-order chi connectivity index (χ1) is 11.4. The molecule has 1 aliphatic heterocycles. The molecule has 0 atom stereocenters. The highest BCUT2D eigenvalue weighted by atomic mass is 32.2. The van der Waals surface area contributed by atoms with Crippen LogP contribution in [-0.4, -0.2) is 30.9 Å². The monoisotopic (exact) mass is 376 g/mol. The predicted molar refractivity (Wildman–Crippen MR) is 90.7 cm³/mol. The first-order valence-electron chi connectivity index (χ1n) is 7.67. The second-order valence-electron chi connectivity index (χ2n) is 4.84. The van der Waals surface area contributed by atoms with Crippen LogP contribution in [0.5, 0.6) is 0 Å². The van der Waals surface area contributed by atoms with Crippen molar-refractivity contribution in [3.05, 3.63) is 28.1 Å². The van der Waals surface area contributed by atoms with E-state index in [-0.39, 0.29) is 36.6 Å². The third-order valence-electron chi connectivity index (χ3n) is 3.14. The van der Waals surface area contributed by atoms with Crippen molar-refractivity contribution in [1.82, 2.24) is 0 Å². The number of esters is 1. The van der Waals surface area contributed by atoms with Gasteiger partial charge in [0.15, 0.2) is 0 Å². The summed E-state index contributed by atoms with van der Waals surface area (Å²) in [6.07, 6.45) is -0.0334. The van der Waals surface area contributed by atoms with Crippen molar-refractivity contribution < 1.29 is 32.7 Å². The maximum atomic E-state index is 12.6. The van der Waals surface area contributed by atoms with Crippen LogP contribution in [0.1, 0.15) is 37.9 Å². The van der Waals surface area contributed by atoms with Crippen molar-refractivity contribution in [2.24, 2.45) is 0 Å². The second-order valence-corrected chi connectivity index (χ2v) is 7.88. The zero-order valence-electron chi connectivity index (χ0n) is 13.9. The lowest BCUT2D eigenvalue weighted by Gasteiger charge is -2.15. The molecule has 0 aromatic carbocycles. The molecule has 0 bridgehead atoms. The highest BCUT2D eigenvalue weighted by Gasteiger charge is 2.31. The molecule has 1 aromatic heterocycles. The summed E-state index contributed by atoms with van der Waals surface area (Å²) in [6, 6.07) is 1.56. The molecule has 0 amide bonds. The van der Waals surface area contributed by atoms with E-state index in [0.717, 1.165) is 11.8 Å². The molecule has 2 rings (SSSR count). The summed E-state index contributed by atoms with van der Waals surface area (Å²) in [4.78, 5) is 12.0. The summed E-state index contributed by atoms with van der Waals surface area (Å²) in [5.74, 6) is 0.517. The van der Waals surface area contributed by atoms with E-state index in [9.17, 15) is 14.5 Å². The van der Waals surface area contributed by atoms with Gasteiger partial charge in [-0.1, -0.05) is 0 Å². The second kappa shape index (κ2) is 8.25. The highest BCUT2D eigenvalue weighted by molar-refractivity contribution is 8.03. The van der Waals surface area contributed by atoms with Gasteiger partial charge < -0.3 is 23.3 Å². The van der Waals surface area contributed by atoms with E-state index in [2.05, 4.69) is 0 Å². The minimum absolute atomic E-state index is 0.0334. The third-order valence-corrected chi connectivity index (χ3v) is 6.20. The van der Waals surface area contributed by atoms with Gasteiger partial charge in [-0.2, -0.15) is 0 Å². The van der Waals surface area contributed by atoms with Crippen LogP contribution in [0, 0.1) is 0 Å². The largest absolute Gasteiger partial charge is 0.506 e. The first kappa shape index (κ1) is 19.1. The summed E-state index contributed by atoms with van der Waals surface area (Å²) in [7, 11) is -3.30. The Bertz CT molecular complexity index is 669. The van der Waals surface area contributed by atoms with E-state index in [1.807, 2.05) is 0 Å². The number of aliphatic hydroxyl groups excluding tert-OH is 1. The molecule has 1 aromatic rings. The molecular formula is C15H21O7PS. The van der Waals surface area contributed by atoms with Crippen molar-refractivity contribution in [2.75, 3.05) is 19.8 Å². The van der Waals surface area contributed by atoms with Crippen LogP contribution in [0.15, 0.2) is 15.4 Å². The Labute approximate surface area is 144 Å². The van der Waals surface area contributed by atoms with E-state index in [0.29, 0.717) is 22.8 Å². The minimum atomic E-state index is -3.30. The van der Waals surface area contributed by atoms with Crippen LogP contribution >= 0.6 is 19.4 Å². The van der Waals surface area contributed by atoms with Gasteiger partial charge in [0.1, 0.15) is 28.3 Å². The van der Waals surface area contributed by atoms with Crippen molar-refractivity contribution in [2.45, 2.75) is 32.7 Å². The molecule has 0 saturated heterocycles. The Hall–Kier alpha value is -1.21. The van der Waals surface area contributed by atoms with Gasteiger partial charge in [-0.15, -0.1) is 11.8 Å². The third kappa shape index (κ3) is 4.25. The Morgan fingerprint density at radius 2 is 1.96 bits per heavy atom. The van der Waals surface area contributed by atoms with Crippen LogP contribution in [0.25, 0.3) is 5.76 Å². The van der Waals surface area contributed by atoms with Gasteiger partial charge >= 0.3 is 13.6 Å². The zero-order valence-corrected chi connectivity index (χ0v) is 15.6. The lowest BCUT2D eigenvalue weighted by Crippen LogP contribution is -2.10. The van der Waals surface area contributed by atoms with E-state index in [4.69, 9.17) is 18.2 Å². The SMILES string of the molecule is CCOC(=O)C1=C(O)c2cc(CP(=O)(OCC)OCC)oc2CS1. The molecule has 24 heavy (non-hydrogen) atoms. The van der Waals surface area contributed by atoms with Crippen LogP contribution in [0.3, 0.4) is 0 Å². The first-order valence-corrected chi connectivity index (χ1v) is 10.4. The van der Waals surface area contributed by atoms with Crippen LogP contribution in [-0.2, 0) is 35.1 Å². The quantitative estimate of drug-likeness (QED) is 0.536. The Kier molecular flexibility index (Phi) is 6.57. The van der Waals surface area contributed by atoms with E-state index >= 15 is 0 Å². The molecule has 0 spiro atoms. The topological polar surface area (TPSA) is 95.2 Å². The number of hydrogen-bond acceptors (Lipinski definition) is 8. The van der Waals surface area contributed by atoms with Gasteiger partial charge in [-0.25, -0.2) is 4.79 Å². The van der Waals surface area contributed by atoms with Crippen LogP contribution < -0.4 is 0 Å². The Morgan fingerprint density at radius 3 is 2.54 bits per heavy atom. The number of aliphatic hydroxyl groups is 1. The highest BCUT2D eigenvalue weighted by Crippen LogP contribution is 2.52. The Morgan fingerprint density at radius 1 is 1.29 bits per heavy atom. The van der Waals surface area contributed by atoms with Gasteiger partial charge in [0.25, 0.3) is 0 Å². The average molecular weight is 376 g/mol. The van der Waals surface area contributed by atoms with Crippen molar-refractivity contribution in [1.29, 1.82) is 0 Å². The number of ether oxygens (including phenoxy) is 1. The Balaban J connectivity index is 2.26. The maximum Gasteiger partial charge on any atom is 0.348 e. The predicted octanol–water partition coefficient (Wildman–Crippen LogP) is 4.08. The molecule has 1 N–H and O–H groups in total. The summed E-state index contributed by atoms with van der Waals surface area (Å²) in [5.41, 5.74) is 0.409. The zero-order chi connectivity index (χ0) is 17.7. The average Bonchev–Trinajstić information content (AvgIpc) is 2.91. The number of thioether (sulfide) groups is 1. The van der Waals surface area contributed by atoms with Crippen molar-refractivity contribution in [3.63, 3.8) is 0 Å². The van der Waals surface area contributed by atoms with Gasteiger partial charge in [-0.3, -0.25) is 4.57 Å². The normalized spacial score (nSPS) is 14.6. The summed E-state index contributed by atoms with van der Waals surface area (Å²) < 4.78 is 33.6. The molecule has 134 valence electrons. The number of fused-ring (bicyclic) bond motifs is 1. The fourth-order valence-electron chi connectivity index (χ4n) is 2.26. The summed E-state index contributed by atoms with van der Waals surface area (Å²) in [6.45, 7) is 5.90. The smallest absolute Gasteiger partial charge is 0.348 e. The van der Waals surface area contributed by atoms with Gasteiger partial charge in [0.05, 0.1) is 31.1 Å². The van der Waals surface area contributed by atoms with E-state index in [1.54, 1.807) is 26.8 Å². The lowest BCUT2D eigenvalue weighted by atomic mass is 10.2. The molecule has 0 unspecified atom stereocenters. The molecule has 7 nitrogen and oxygen atoms in total. The molecule has 0 saturated carbocycles. The molecule has 0 fully saturated rings. The number of furan rings is 1. The van der Waals surface area contributed by atoms with Crippen molar-refractivity contribution >= 4 is 31.1 Å². The van der Waals surface area contributed by atoms with Gasteiger partial charge in [0, 0.05) is 0 Å². The van der Waals surface area contributed by atoms with Crippen LogP contribution in [0.4, 0.5) is 0 Å². The number of carbonyl (C=O) groups excluding carboxylic acids is 1. The number of hydrogen-bond donors (Lipinski definition) is 1. The molecule has 0 aliphatic carbocycles. The number of carbonyl (C=O) groups is 1. The molecular weight excluding hydrogens is 355 g/mol. The van der Waals surface area contributed by atoms with Gasteiger partial charge in [0.2, 0.25) is 0 Å². The molecule has 0 radical (unpaired) electrons. The fourth-order valence-corrected chi connectivity index (χ4v) is 4.76.